The fraction of sp³-hybridized carbons (Fsp3) is 0.400. The summed E-state index contributed by atoms with van der Waals surface area (Å²) in [5, 5.41) is 4.21. The van der Waals surface area contributed by atoms with Crippen LogP contribution in [-0.4, -0.2) is 41.6 Å². The lowest BCUT2D eigenvalue weighted by Crippen LogP contribution is -2.35. The molecule has 0 aliphatic carbocycles. The van der Waals surface area contributed by atoms with E-state index in [9.17, 15) is 4.79 Å². The number of thiophene rings is 1. The average molecular weight is 528 g/mol. The fourth-order valence-corrected chi connectivity index (χ4v) is 5.29. The van der Waals surface area contributed by atoms with Gasteiger partial charge in [-0.3, -0.25) is 9.36 Å². The first-order chi connectivity index (χ1) is 13.4. The summed E-state index contributed by atoms with van der Waals surface area (Å²) in [4.78, 5) is 21.3. The van der Waals surface area contributed by atoms with Crippen molar-refractivity contribution in [1.82, 2.24) is 19.8 Å². The molecular weight excluding hydrogens is 504 g/mol. The monoisotopic (exact) mass is 526 g/mol. The zero-order chi connectivity index (χ0) is 20.3. The van der Waals surface area contributed by atoms with Gasteiger partial charge in [-0.05, 0) is 57.9 Å². The molecule has 2 aromatic heterocycles. The smallest absolute Gasteiger partial charge is 0.263 e. The summed E-state index contributed by atoms with van der Waals surface area (Å²) < 4.78 is 3.49. The first-order valence-electron chi connectivity index (χ1n) is 9.22. The Balaban J connectivity index is 2.10. The highest BCUT2D eigenvalue weighted by Gasteiger charge is 2.22. The lowest BCUT2D eigenvalue weighted by atomic mass is 10.1. The first kappa shape index (κ1) is 21.6. The van der Waals surface area contributed by atoms with E-state index in [1.54, 1.807) is 0 Å². The summed E-state index contributed by atoms with van der Waals surface area (Å²) in [6, 6.07) is 10.1. The minimum Gasteiger partial charge on any atom is -0.308 e. The second kappa shape index (κ2) is 9.63. The molecule has 3 aromatic rings. The second-order valence-corrected chi connectivity index (χ2v) is 10.0. The van der Waals surface area contributed by atoms with Crippen LogP contribution >= 0.6 is 43.2 Å². The molecule has 0 saturated carbocycles. The Kier molecular flexibility index (Phi) is 7.44. The lowest BCUT2D eigenvalue weighted by Gasteiger charge is -2.22. The van der Waals surface area contributed by atoms with Crippen molar-refractivity contribution in [2.75, 3.05) is 27.2 Å². The van der Waals surface area contributed by atoms with Gasteiger partial charge in [-0.25, -0.2) is 4.98 Å². The summed E-state index contributed by atoms with van der Waals surface area (Å²) in [6.07, 6.45) is 0.855. The number of likely N-dealkylation sites (N-methyl/N-ethyl adjacent to an activating group) is 1. The number of halogens is 2. The third kappa shape index (κ3) is 4.74. The molecule has 150 valence electrons. The van der Waals surface area contributed by atoms with Crippen LogP contribution < -0.4 is 10.9 Å². The molecule has 0 aliphatic rings. The molecule has 5 nitrogen and oxygen atoms in total. The summed E-state index contributed by atoms with van der Waals surface area (Å²) >= 11 is 8.57. The highest BCUT2D eigenvalue weighted by molar-refractivity contribution is 9.13. The van der Waals surface area contributed by atoms with E-state index in [0.717, 1.165) is 44.0 Å². The summed E-state index contributed by atoms with van der Waals surface area (Å²) in [7, 11) is 4.11. The van der Waals surface area contributed by atoms with Crippen molar-refractivity contribution in [1.29, 1.82) is 0 Å². The van der Waals surface area contributed by atoms with Crippen LogP contribution in [0.3, 0.4) is 0 Å². The number of nitrogens with one attached hydrogen (secondary N) is 1. The Bertz CT molecular complexity index is 1000. The van der Waals surface area contributed by atoms with Gasteiger partial charge in [-0.2, -0.15) is 0 Å². The summed E-state index contributed by atoms with van der Waals surface area (Å²) in [5.74, 6) is 0.795. The van der Waals surface area contributed by atoms with Crippen molar-refractivity contribution in [3.05, 3.63) is 60.3 Å². The van der Waals surface area contributed by atoms with Gasteiger partial charge in [-0.15, -0.1) is 11.3 Å². The van der Waals surface area contributed by atoms with E-state index in [1.807, 2.05) is 34.9 Å². The third-order valence-corrected chi connectivity index (χ3v) is 7.94. The molecule has 0 bridgehead atoms. The van der Waals surface area contributed by atoms with Crippen LogP contribution in [0.15, 0.2) is 43.4 Å². The Morgan fingerprint density at radius 1 is 1.25 bits per heavy atom. The van der Waals surface area contributed by atoms with Crippen molar-refractivity contribution < 1.29 is 0 Å². The molecule has 3 rings (SSSR count). The van der Waals surface area contributed by atoms with E-state index in [-0.39, 0.29) is 11.6 Å². The van der Waals surface area contributed by atoms with Crippen LogP contribution in [-0.2, 0) is 6.54 Å². The lowest BCUT2D eigenvalue weighted by molar-refractivity contribution is 0.373. The molecule has 1 unspecified atom stereocenters. The van der Waals surface area contributed by atoms with E-state index in [2.05, 4.69) is 63.1 Å². The fourth-order valence-electron chi connectivity index (χ4n) is 3.11. The van der Waals surface area contributed by atoms with Gasteiger partial charge < -0.3 is 10.2 Å². The summed E-state index contributed by atoms with van der Waals surface area (Å²) in [6.45, 7) is 4.39. The van der Waals surface area contributed by atoms with Crippen molar-refractivity contribution in [2.45, 2.75) is 25.9 Å². The van der Waals surface area contributed by atoms with Gasteiger partial charge >= 0.3 is 0 Å². The zero-order valence-corrected chi connectivity index (χ0v) is 20.2. The molecule has 8 heteroatoms. The van der Waals surface area contributed by atoms with Gasteiger partial charge in [0.1, 0.15) is 10.7 Å². The van der Waals surface area contributed by atoms with Crippen LogP contribution in [0.1, 0.15) is 30.8 Å². The molecule has 0 saturated heterocycles. The molecule has 2 heterocycles. The Hall–Kier alpha value is -1.06. The van der Waals surface area contributed by atoms with Gasteiger partial charge in [0.05, 0.1) is 26.2 Å². The van der Waals surface area contributed by atoms with Crippen molar-refractivity contribution in [3.8, 4) is 0 Å². The maximum Gasteiger partial charge on any atom is 0.263 e. The van der Waals surface area contributed by atoms with Crippen molar-refractivity contribution in [3.63, 3.8) is 0 Å². The van der Waals surface area contributed by atoms with Crippen LogP contribution in [0.2, 0.25) is 0 Å². The van der Waals surface area contributed by atoms with Crippen LogP contribution in [0, 0.1) is 0 Å². The number of hydrogen-bond donors (Lipinski definition) is 1. The molecule has 1 atom stereocenters. The molecule has 1 aromatic carbocycles. The molecule has 0 amide bonds. The van der Waals surface area contributed by atoms with Crippen molar-refractivity contribution in [2.24, 2.45) is 0 Å². The Morgan fingerprint density at radius 3 is 2.61 bits per heavy atom. The molecule has 0 aliphatic heterocycles. The van der Waals surface area contributed by atoms with E-state index in [0.29, 0.717) is 11.9 Å². The maximum absolute atomic E-state index is 13.4. The van der Waals surface area contributed by atoms with Gasteiger partial charge in [-0.1, -0.05) is 37.3 Å². The first-order valence-corrected chi connectivity index (χ1v) is 11.6. The molecular formula is C20H24Br2N4OS. The minimum atomic E-state index is -0.00876. The number of fused-ring (bicyclic) bond motifs is 1. The molecule has 0 spiro atoms. The largest absolute Gasteiger partial charge is 0.308 e. The normalized spacial score (nSPS) is 12.8. The number of nitrogens with zero attached hydrogens (tertiary/aromatic N) is 3. The Morgan fingerprint density at radius 2 is 1.96 bits per heavy atom. The average Bonchev–Trinajstić information content (AvgIpc) is 2.96. The molecule has 1 N–H and O–H groups in total. The minimum absolute atomic E-state index is 0.00876. The second-order valence-electron chi connectivity index (χ2n) is 6.94. The number of benzene rings is 1. The van der Waals surface area contributed by atoms with Gasteiger partial charge in [0.2, 0.25) is 0 Å². The van der Waals surface area contributed by atoms with Crippen molar-refractivity contribution >= 4 is 53.4 Å². The van der Waals surface area contributed by atoms with E-state index in [1.165, 1.54) is 11.3 Å². The predicted octanol–water partition coefficient (Wildman–Crippen LogP) is 4.63. The van der Waals surface area contributed by atoms with Gasteiger partial charge in [0.15, 0.2) is 0 Å². The quantitative estimate of drug-likeness (QED) is 0.464. The summed E-state index contributed by atoms with van der Waals surface area (Å²) in [5.41, 5.74) is 1.08. The van der Waals surface area contributed by atoms with E-state index >= 15 is 0 Å². The Labute approximate surface area is 186 Å². The zero-order valence-electron chi connectivity index (χ0n) is 16.2. The standard InChI is InChI=1S/C20H24Br2N4OS/c1-4-14(23-10-11-25(2)3)18-24-19-15(16(21)17(22)28-19)20(27)26(18)12-13-8-6-5-7-9-13/h5-9,14,23H,4,10-12H2,1-3H3. The topological polar surface area (TPSA) is 50.2 Å². The number of hydrogen-bond acceptors (Lipinski definition) is 5. The van der Waals surface area contributed by atoms with E-state index in [4.69, 9.17) is 4.98 Å². The third-order valence-electron chi connectivity index (χ3n) is 4.60. The van der Waals surface area contributed by atoms with Crippen LogP contribution in [0.4, 0.5) is 0 Å². The maximum atomic E-state index is 13.4. The number of aromatic nitrogens is 2. The molecule has 0 radical (unpaired) electrons. The highest BCUT2D eigenvalue weighted by atomic mass is 79.9. The van der Waals surface area contributed by atoms with Gasteiger partial charge in [0.25, 0.3) is 5.56 Å². The SMILES string of the molecule is CCC(NCCN(C)C)c1nc2sc(Br)c(Br)c2c(=O)n1Cc1ccccc1. The molecule has 28 heavy (non-hydrogen) atoms. The van der Waals surface area contributed by atoms with Gasteiger partial charge in [0, 0.05) is 13.1 Å². The van der Waals surface area contributed by atoms with Crippen LogP contribution in [0.5, 0.6) is 0 Å². The number of rotatable bonds is 8. The molecule has 0 fully saturated rings. The van der Waals surface area contributed by atoms with Crippen LogP contribution in [0.25, 0.3) is 10.2 Å². The van der Waals surface area contributed by atoms with E-state index < -0.39 is 0 Å². The predicted molar refractivity (Wildman–Crippen MR) is 124 cm³/mol. The highest BCUT2D eigenvalue weighted by Crippen LogP contribution is 2.37.